The number of hydrogen-bond acceptors (Lipinski definition) is 5. The first-order valence-corrected chi connectivity index (χ1v) is 38.5. The maximum atomic E-state index is 4.96. The van der Waals surface area contributed by atoms with Crippen molar-refractivity contribution in [1.82, 2.24) is 33.4 Å². The summed E-state index contributed by atoms with van der Waals surface area (Å²) in [4.78, 5) is 6.12. The van der Waals surface area contributed by atoms with Crippen molar-refractivity contribution in [1.29, 1.82) is 0 Å². The number of aromatic nitrogens is 7. The molecule has 0 aliphatic heterocycles. The molecule has 0 saturated carbocycles. The predicted octanol–water partition coefficient (Wildman–Crippen LogP) is 26.0. The average molecular weight is 1410 g/mol. The largest absolute Gasteiger partial charge is 0.309 e. The van der Waals surface area contributed by atoms with Crippen LogP contribution in [0.5, 0.6) is 0 Å². The van der Waals surface area contributed by atoms with Crippen molar-refractivity contribution in [3.63, 3.8) is 0 Å². The predicted molar refractivity (Wildman–Crippen MR) is 449 cm³/mol. The van der Waals surface area contributed by atoms with E-state index in [4.69, 9.17) is 10.1 Å². The number of rotatable bonds is 10. The third kappa shape index (κ3) is 9.60. The molecule has 0 amide bonds. The quantitative estimate of drug-likeness (QED) is 0.137. The van der Waals surface area contributed by atoms with Crippen LogP contribution in [0.1, 0.15) is 74.9 Å². The van der Waals surface area contributed by atoms with Crippen LogP contribution in [0.2, 0.25) is 0 Å². The van der Waals surface area contributed by atoms with Crippen LogP contribution in [0, 0.1) is 0 Å². The molecule has 0 saturated heterocycles. The molecule has 0 radical (unpaired) electrons. The Hall–Kier alpha value is -12.5. The van der Waals surface area contributed by atoms with E-state index in [0.29, 0.717) is 0 Å². The van der Waals surface area contributed by atoms with Crippen molar-refractivity contribution < 1.29 is 0 Å². The van der Waals surface area contributed by atoms with E-state index in [9.17, 15) is 0 Å². The van der Waals surface area contributed by atoms with Gasteiger partial charge in [-0.3, -0.25) is 0 Å². The fourth-order valence-corrected chi connectivity index (χ4v) is 19.4. The monoisotopic (exact) mass is 1410 g/mol. The summed E-state index contributed by atoms with van der Waals surface area (Å²) in [6.45, 7) is 13.5. The Morgan fingerprint density at radius 3 is 1.06 bits per heavy atom. The van der Waals surface area contributed by atoms with Gasteiger partial charge in [-0.25, -0.2) is 4.98 Å². The van der Waals surface area contributed by atoms with E-state index in [1.807, 2.05) is 6.20 Å². The smallest absolute Gasteiger partial charge is 0.148 e. The lowest BCUT2D eigenvalue weighted by Crippen LogP contribution is -2.28. The van der Waals surface area contributed by atoms with Gasteiger partial charge in [0.2, 0.25) is 0 Å². The summed E-state index contributed by atoms with van der Waals surface area (Å²) in [7, 11) is 0. The Morgan fingerprint density at radius 1 is 0.280 bits per heavy atom. The summed E-state index contributed by atoms with van der Waals surface area (Å²) in [5.74, 6) is 0. The molecule has 21 rings (SSSR count). The summed E-state index contributed by atoms with van der Waals surface area (Å²) in [6, 6.07) is 118. The van der Waals surface area contributed by atoms with Crippen LogP contribution in [-0.4, -0.2) is 33.4 Å². The van der Waals surface area contributed by atoms with E-state index in [-0.39, 0.29) is 10.8 Å². The SMILES string of the molecule is CC(C)(C)c1ccc(-c2cnc(-c3ccc(-n4c5ccccc5c5c4ccc4c6ccccc6n(-c6ccc(C7(c8ccc(-n9c%10ccccc%10c%10ccc%11c(c%12ccccc%12n%11-c%11ccc(-c%12nnc(-c%13ccc(C(C)(C)C)cc%13)s%12)cc%11)c%109)cc8)c8ccccc8-c8ccccc87)cc6)c45)cc3)s2)cc1. The minimum atomic E-state index is -0.657. The Balaban J connectivity index is 0.674. The first-order valence-electron chi connectivity index (χ1n) is 36.9. The van der Waals surface area contributed by atoms with Gasteiger partial charge in [0.15, 0.2) is 0 Å². The first-order chi connectivity index (χ1) is 52.3. The molecule has 0 spiro atoms. The van der Waals surface area contributed by atoms with Crippen LogP contribution in [0.3, 0.4) is 0 Å². The van der Waals surface area contributed by atoms with Crippen LogP contribution < -0.4 is 0 Å². The summed E-state index contributed by atoms with van der Waals surface area (Å²) in [6.07, 6.45) is 2.02. The minimum Gasteiger partial charge on any atom is -0.309 e. The zero-order valence-corrected chi connectivity index (χ0v) is 61.7. The van der Waals surface area contributed by atoms with E-state index in [0.717, 1.165) is 87.6 Å². The molecule has 6 aromatic heterocycles. The highest BCUT2D eigenvalue weighted by molar-refractivity contribution is 7.18. The number of thiazole rings is 1. The Labute approximate surface area is 627 Å². The highest BCUT2D eigenvalue weighted by atomic mass is 32.1. The van der Waals surface area contributed by atoms with Crippen molar-refractivity contribution in [2.45, 2.75) is 57.8 Å². The molecule has 1 aliphatic rings. The van der Waals surface area contributed by atoms with E-state index in [1.165, 1.54) is 109 Å². The summed E-state index contributed by atoms with van der Waals surface area (Å²) in [5, 5.41) is 21.9. The number of hydrogen-bond donors (Lipinski definition) is 0. The van der Waals surface area contributed by atoms with Gasteiger partial charge in [0, 0.05) is 88.7 Å². The lowest BCUT2D eigenvalue weighted by molar-refractivity contribution is 0.590. The zero-order valence-electron chi connectivity index (χ0n) is 60.0. The van der Waals surface area contributed by atoms with Gasteiger partial charge in [-0.15, -0.1) is 21.5 Å². The zero-order chi connectivity index (χ0) is 71.6. The molecule has 14 aromatic carbocycles. The molecule has 1 aliphatic carbocycles. The topological polar surface area (TPSA) is 58.4 Å². The number of fused-ring (bicyclic) bond motifs is 17. The molecular formula is C98H71N7S2. The third-order valence-electron chi connectivity index (χ3n) is 22.7. The second-order valence-corrected chi connectivity index (χ2v) is 32.8. The highest BCUT2D eigenvalue weighted by Gasteiger charge is 2.46. The molecule has 0 N–H and O–H groups in total. The summed E-state index contributed by atoms with van der Waals surface area (Å²) < 4.78 is 9.91. The van der Waals surface area contributed by atoms with Crippen LogP contribution in [-0.2, 0) is 16.2 Å². The minimum absolute atomic E-state index is 0.0786. The second kappa shape index (κ2) is 23.7. The van der Waals surface area contributed by atoms with E-state index in [1.54, 1.807) is 22.7 Å². The van der Waals surface area contributed by atoms with Crippen molar-refractivity contribution in [2.75, 3.05) is 0 Å². The summed E-state index contributed by atoms with van der Waals surface area (Å²) in [5.41, 5.74) is 27.7. The maximum absolute atomic E-state index is 4.96. The standard InChI is InChI=1S/C98H71N7S2/c1-96(2,3)64-39-31-60(32-40-64)88-59-99-93(106-88)61-35-47-68(48-36-61)102-84-29-17-11-23-78(84)89-86(102)57-55-76-74-21-9-15-27-82(74)104(91(76)89)70-51-43-66(44-52-70)98(80-25-13-7-19-72(80)73-20-8-14-26-81(73)98)67-45-53-71(54-46-67)105-83-28-16-10-22-75(83)77-56-58-87-90(92(77)105)79-24-12-18-30-85(79)103(87)69-49-37-63(38-50-69)95-101-100-94(107-95)62-33-41-65(42-34-62)97(4,5)6/h7-59H,1-6H3. The van der Waals surface area contributed by atoms with Gasteiger partial charge < -0.3 is 18.3 Å². The third-order valence-corrected chi connectivity index (χ3v) is 24.8. The number of para-hydroxylation sites is 4. The average Bonchev–Trinajstić information content (AvgIpc) is 1.56. The van der Waals surface area contributed by atoms with Gasteiger partial charge in [-0.05, 0) is 170 Å². The molecular weight excluding hydrogens is 1340 g/mol. The normalized spacial score (nSPS) is 13.0. The molecule has 0 unspecified atom stereocenters. The van der Waals surface area contributed by atoms with Gasteiger partial charge in [-0.2, -0.15) is 0 Å². The van der Waals surface area contributed by atoms with E-state index >= 15 is 0 Å². The van der Waals surface area contributed by atoms with Crippen molar-refractivity contribution in [3.05, 3.63) is 355 Å². The van der Waals surface area contributed by atoms with Crippen LogP contribution in [0.4, 0.5) is 0 Å². The van der Waals surface area contributed by atoms with Crippen molar-refractivity contribution in [2.24, 2.45) is 0 Å². The maximum Gasteiger partial charge on any atom is 0.148 e. The summed E-state index contributed by atoms with van der Waals surface area (Å²) >= 11 is 3.37. The molecule has 0 atom stereocenters. The van der Waals surface area contributed by atoms with Crippen molar-refractivity contribution >= 4 is 110 Å². The second-order valence-electron chi connectivity index (χ2n) is 30.7. The highest BCUT2D eigenvalue weighted by Crippen LogP contribution is 2.57. The molecule has 0 fully saturated rings. The lowest BCUT2D eigenvalue weighted by Gasteiger charge is -2.34. The molecule has 6 heterocycles. The molecule has 0 bridgehead atoms. The van der Waals surface area contributed by atoms with E-state index < -0.39 is 5.41 Å². The molecule has 20 aromatic rings. The molecule has 107 heavy (non-hydrogen) atoms. The number of nitrogens with zero attached hydrogens (tertiary/aromatic N) is 7. The van der Waals surface area contributed by atoms with Gasteiger partial charge in [0.1, 0.15) is 15.0 Å². The fraction of sp³-hybridized carbons (Fsp3) is 0.0918. The Bertz CT molecular complexity index is 6540. The number of benzene rings is 14. The molecule has 9 heteroatoms. The van der Waals surface area contributed by atoms with Gasteiger partial charge in [-0.1, -0.05) is 259 Å². The molecule has 7 nitrogen and oxygen atoms in total. The Morgan fingerprint density at radius 2 is 0.626 bits per heavy atom. The van der Waals surface area contributed by atoms with Crippen molar-refractivity contribution in [3.8, 4) is 76.0 Å². The lowest BCUT2D eigenvalue weighted by atomic mass is 9.67. The van der Waals surface area contributed by atoms with E-state index in [2.05, 4.69) is 380 Å². The molecule has 510 valence electrons. The van der Waals surface area contributed by atoms with Gasteiger partial charge >= 0.3 is 0 Å². The van der Waals surface area contributed by atoms with Crippen LogP contribution in [0.15, 0.2) is 322 Å². The van der Waals surface area contributed by atoms with Crippen LogP contribution in [0.25, 0.3) is 163 Å². The Kier molecular flexibility index (Phi) is 14.0. The first kappa shape index (κ1) is 63.0. The fourth-order valence-electron chi connectivity index (χ4n) is 17.6. The van der Waals surface area contributed by atoms with Gasteiger partial charge in [0.05, 0.1) is 54.4 Å². The van der Waals surface area contributed by atoms with Crippen LogP contribution >= 0.6 is 22.7 Å². The van der Waals surface area contributed by atoms with Gasteiger partial charge in [0.25, 0.3) is 0 Å².